The molecule has 0 aliphatic heterocycles. The van der Waals surface area contributed by atoms with Crippen LogP contribution in [-0.2, 0) is 7.05 Å². The topological polar surface area (TPSA) is 53.1 Å². The molecule has 0 saturated carbocycles. The van der Waals surface area contributed by atoms with E-state index in [0.717, 1.165) is 5.56 Å². The third-order valence-corrected chi connectivity index (χ3v) is 2.39. The summed E-state index contributed by atoms with van der Waals surface area (Å²) >= 11 is 0. The van der Waals surface area contributed by atoms with Gasteiger partial charge in [-0.15, -0.1) is 0 Å². The summed E-state index contributed by atoms with van der Waals surface area (Å²) in [6.45, 7) is 1.80. The van der Waals surface area contributed by atoms with E-state index < -0.39 is 5.82 Å². The van der Waals surface area contributed by atoms with Gasteiger partial charge < -0.3 is 10.5 Å². The first-order valence-corrected chi connectivity index (χ1v) is 5.28. The summed E-state index contributed by atoms with van der Waals surface area (Å²) in [5, 5.41) is 3.94. The predicted molar refractivity (Wildman–Crippen MR) is 62.3 cm³/mol. The van der Waals surface area contributed by atoms with Crippen molar-refractivity contribution in [1.29, 1.82) is 0 Å². The molecule has 1 aromatic heterocycles. The van der Waals surface area contributed by atoms with E-state index in [-0.39, 0.29) is 11.8 Å². The smallest absolute Gasteiger partial charge is 0.166 e. The number of hydrogen-bond donors (Lipinski definition) is 1. The molecule has 2 aromatic rings. The van der Waals surface area contributed by atoms with Crippen molar-refractivity contribution in [1.82, 2.24) is 9.78 Å². The maximum Gasteiger partial charge on any atom is 0.166 e. The zero-order chi connectivity index (χ0) is 12.4. The first-order chi connectivity index (χ1) is 8.06. The van der Waals surface area contributed by atoms with Gasteiger partial charge in [-0.25, -0.2) is 4.39 Å². The molecule has 0 saturated heterocycles. The Morgan fingerprint density at radius 2 is 2.24 bits per heavy atom. The first-order valence-electron chi connectivity index (χ1n) is 5.28. The van der Waals surface area contributed by atoms with Crippen molar-refractivity contribution >= 4 is 0 Å². The van der Waals surface area contributed by atoms with Crippen molar-refractivity contribution in [2.45, 2.75) is 13.0 Å². The van der Waals surface area contributed by atoms with Crippen LogP contribution in [0.4, 0.5) is 4.39 Å². The number of benzene rings is 1. The standard InChI is InChI=1S/C12H14FN3O/c1-8(14)9-3-4-12(11(13)5-9)17-10-6-15-16(2)7-10/h3-8H,14H2,1-2H3/t8-/m1/s1. The van der Waals surface area contributed by atoms with Gasteiger partial charge in [-0.3, -0.25) is 4.68 Å². The monoisotopic (exact) mass is 235 g/mol. The molecular formula is C12H14FN3O. The second-order valence-corrected chi connectivity index (χ2v) is 3.93. The number of nitrogens with two attached hydrogens (primary N) is 1. The van der Waals surface area contributed by atoms with Gasteiger partial charge in [0.25, 0.3) is 0 Å². The van der Waals surface area contributed by atoms with Crippen molar-refractivity contribution in [3.8, 4) is 11.5 Å². The molecule has 0 fully saturated rings. The minimum atomic E-state index is -0.427. The molecule has 0 aliphatic rings. The van der Waals surface area contributed by atoms with Crippen LogP contribution < -0.4 is 10.5 Å². The quantitative estimate of drug-likeness (QED) is 0.888. The van der Waals surface area contributed by atoms with Crippen LogP contribution in [-0.4, -0.2) is 9.78 Å². The van der Waals surface area contributed by atoms with E-state index in [0.29, 0.717) is 5.75 Å². The maximum absolute atomic E-state index is 13.7. The Balaban J connectivity index is 2.22. The van der Waals surface area contributed by atoms with Gasteiger partial charge in [0.05, 0.1) is 12.4 Å². The van der Waals surface area contributed by atoms with Crippen LogP contribution in [0.5, 0.6) is 11.5 Å². The molecule has 0 aliphatic carbocycles. The molecule has 1 heterocycles. The fraction of sp³-hybridized carbons (Fsp3) is 0.250. The molecule has 2 N–H and O–H groups in total. The Bertz CT molecular complexity index is 522. The second kappa shape index (κ2) is 4.55. The highest BCUT2D eigenvalue weighted by Gasteiger charge is 2.08. The Hall–Kier alpha value is -1.88. The van der Waals surface area contributed by atoms with Gasteiger partial charge in [-0.2, -0.15) is 5.10 Å². The predicted octanol–water partition coefficient (Wildman–Crippen LogP) is 2.37. The van der Waals surface area contributed by atoms with E-state index >= 15 is 0 Å². The normalized spacial score (nSPS) is 12.5. The van der Waals surface area contributed by atoms with Crippen LogP contribution in [0.25, 0.3) is 0 Å². The van der Waals surface area contributed by atoms with E-state index in [9.17, 15) is 4.39 Å². The first kappa shape index (κ1) is 11.6. The summed E-state index contributed by atoms with van der Waals surface area (Å²) in [5.74, 6) is 0.242. The van der Waals surface area contributed by atoms with Gasteiger partial charge in [0.2, 0.25) is 0 Å². The maximum atomic E-state index is 13.7. The van der Waals surface area contributed by atoms with Crippen molar-refractivity contribution in [3.63, 3.8) is 0 Å². The minimum absolute atomic E-state index is 0.169. The molecule has 4 nitrogen and oxygen atoms in total. The molecule has 17 heavy (non-hydrogen) atoms. The summed E-state index contributed by atoms with van der Waals surface area (Å²) in [6, 6.07) is 4.51. The Kier molecular flexibility index (Phi) is 3.10. The summed E-state index contributed by atoms with van der Waals surface area (Å²) < 4.78 is 20.6. The highest BCUT2D eigenvalue weighted by molar-refractivity contribution is 5.33. The number of nitrogens with zero attached hydrogens (tertiary/aromatic N) is 2. The molecule has 90 valence electrons. The number of ether oxygens (including phenoxy) is 1. The van der Waals surface area contributed by atoms with Gasteiger partial charge in [0.15, 0.2) is 17.3 Å². The molecule has 0 spiro atoms. The Morgan fingerprint density at radius 3 is 2.76 bits per heavy atom. The van der Waals surface area contributed by atoms with Gasteiger partial charge in [0, 0.05) is 13.1 Å². The highest BCUT2D eigenvalue weighted by atomic mass is 19.1. The summed E-state index contributed by atoms with van der Waals surface area (Å²) in [4.78, 5) is 0. The molecule has 0 bridgehead atoms. The molecule has 1 aromatic carbocycles. The van der Waals surface area contributed by atoms with Gasteiger partial charge in [0.1, 0.15) is 0 Å². The van der Waals surface area contributed by atoms with Crippen molar-refractivity contribution < 1.29 is 9.13 Å². The van der Waals surface area contributed by atoms with Crippen molar-refractivity contribution in [3.05, 3.63) is 42.0 Å². The number of halogens is 1. The Labute approximate surface area is 98.8 Å². The average Bonchev–Trinajstić information content (AvgIpc) is 2.67. The van der Waals surface area contributed by atoms with Crippen LogP contribution in [0.1, 0.15) is 18.5 Å². The largest absolute Gasteiger partial charge is 0.451 e. The van der Waals surface area contributed by atoms with Gasteiger partial charge >= 0.3 is 0 Å². The third kappa shape index (κ3) is 2.62. The third-order valence-electron chi connectivity index (χ3n) is 2.39. The summed E-state index contributed by atoms with van der Waals surface area (Å²) in [6.07, 6.45) is 3.19. The van der Waals surface area contributed by atoms with Crippen LogP contribution in [0.15, 0.2) is 30.6 Å². The van der Waals surface area contributed by atoms with E-state index in [1.807, 2.05) is 0 Å². The summed E-state index contributed by atoms with van der Waals surface area (Å²) in [7, 11) is 1.77. The lowest BCUT2D eigenvalue weighted by atomic mass is 10.1. The lowest BCUT2D eigenvalue weighted by molar-refractivity contribution is 0.441. The fourth-order valence-electron chi connectivity index (χ4n) is 1.46. The molecule has 2 rings (SSSR count). The van der Waals surface area contributed by atoms with E-state index in [2.05, 4.69) is 5.10 Å². The van der Waals surface area contributed by atoms with Crippen LogP contribution in [0.2, 0.25) is 0 Å². The molecule has 5 heteroatoms. The van der Waals surface area contributed by atoms with Crippen LogP contribution in [0, 0.1) is 5.82 Å². The Morgan fingerprint density at radius 1 is 1.47 bits per heavy atom. The highest BCUT2D eigenvalue weighted by Crippen LogP contribution is 2.25. The molecule has 0 amide bonds. The summed E-state index contributed by atoms with van der Waals surface area (Å²) in [5.41, 5.74) is 6.40. The molecule has 0 radical (unpaired) electrons. The SMILES string of the molecule is C[C@@H](N)c1ccc(Oc2cnn(C)c2)c(F)c1. The van der Waals surface area contributed by atoms with Crippen molar-refractivity contribution in [2.24, 2.45) is 12.8 Å². The molecular weight excluding hydrogens is 221 g/mol. The zero-order valence-electron chi connectivity index (χ0n) is 9.72. The van der Waals surface area contributed by atoms with E-state index in [1.54, 1.807) is 37.0 Å². The number of hydrogen-bond acceptors (Lipinski definition) is 3. The second-order valence-electron chi connectivity index (χ2n) is 3.93. The lowest BCUT2D eigenvalue weighted by Crippen LogP contribution is -2.05. The van der Waals surface area contributed by atoms with Crippen LogP contribution in [0.3, 0.4) is 0 Å². The van der Waals surface area contributed by atoms with E-state index in [1.165, 1.54) is 12.3 Å². The molecule has 1 atom stereocenters. The number of aromatic nitrogens is 2. The zero-order valence-corrected chi connectivity index (χ0v) is 9.72. The average molecular weight is 235 g/mol. The fourth-order valence-corrected chi connectivity index (χ4v) is 1.46. The lowest BCUT2D eigenvalue weighted by Gasteiger charge is -2.08. The number of aryl methyl sites for hydroxylation is 1. The van der Waals surface area contributed by atoms with Crippen LogP contribution >= 0.6 is 0 Å². The van der Waals surface area contributed by atoms with E-state index in [4.69, 9.17) is 10.5 Å². The van der Waals surface area contributed by atoms with Gasteiger partial charge in [-0.05, 0) is 24.6 Å². The minimum Gasteiger partial charge on any atom is -0.451 e. The van der Waals surface area contributed by atoms with Crippen molar-refractivity contribution in [2.75, 3.05) is 0 Å². The number of rotatable bonds is 3. The molecule has 0 unspecified atom stereocenters. The van der Waals surface area contributed by atoms with Gasteiger partial charge in [-0.1, -0.05) is 6.07 Å².